The van der Waals surface area contributed by atoms with Crippen molar-refractivity contribution in [1.82, 2.24) is 15.4 Å². The lowest BCUT2D eigenvalue weighted by Gasteiger charge is -2.14. The molecule has 0 spiro atoms. The molecule has 0 saturated carbocycles. The maximum absolute atomic E-state index is 12.3. The molecular formula is C21H23BrN6O3. The molecule has 2 aromatic carbocycles. The first kappa shape index (κ1) is 22.2. The van der Waals surface area contributed by atoms with Crippen molar-refractivity contribution in [3.63, 3.8) is 0 Å². The first-order chi connectivity index (χ1) is 15.0. The molecule has 10 heteroatoms. The van der Waals surface area contributed by atoms with Crippen LogP contribution in [0.4, 0.5) is 17.3 Å². The van der Waals surface area contributed by atoms with E-state index in [2.05, 4.69) is 42.1 Å². The van der Waals surface area contributed by atoms with Gasteiger partial charge in [-0.1, -0.05) is 18.2 Å². The van der Waals surface area contributed by atoms with Gasteiger partial charge < -0.3 is 20.5 Å². The maximum Gasteiger partial charge on any atom is 0.270 e. The zero-order valence-corrected chi connectivity index (χ0v) is 18.7. The standard InChI is InChI=1S/C21H23BrN6O3/c1-30-16-8-7-13(11-17(16)31-2)9-10-24-19-18(23)20(26-12-25-19)27-28-21(29)14-5-3-4-6-15(14)22/h3-8,11-12H,9-10,23H2,1-2H3,(H,28,29)(H2,24,25,26,27). The number of halogens is 1. The van der Waals surface area contributed by atoms with Gasteiger partial charge in [0.25, 0.3) is 5.91 Å². The van der Waals surface area contributed by atoms with Gasteiger partial charge in [-0.25, -0.2) is 9.97 Å². The van der Waals surface area contributed by atoms with E-state index in [1.54, 1.807) is 32.4 Å². The van der Waals surface area contributed by atoms with Crippen LogP contribution in [0.3, 0.4) is 0 Å². The molecule has 0 bridgehead atoms. The summed E-state index contributed by atoms with van der Waals surface area (Å²) in [5.74, 6) is 1.79. The summed E-state index contributed by atoms with van der Waals surface area (Å²) in [5, 5.41) is 3.19. The van der Waals surface area contributed by atoms with Gasteiger partial charge in [0, 0.05) is 11.0 Å². The highest BCUT2D eigenvalue weighted by atomic mass is 79.9. The first-order valence-electron chi connectivity index (χ1n) is 9.39. The summed E-state index contributed by atoms with van der Waals surface area (Å²) in [5.41, 5.74) is 13.3. The highest BCUT2D eigenvalue weighted by Crippen LogP contribution is 2.28. The number of anilines is 3. The van der Waals surface area contributed by atoms with E-state index in [1.165, 1.54) is 6.33 Å². The number of carbonyl (C=O) groups is 1. The van der Waals surface area contributed by atoms with E-state index in [4.69, 9.17) is 15.2 Å². The molecule has 0 atom stereocenters. The van der Waals surface area contributed by atoms with Crippen molar-refractivity contribution in [1.29, 1.82) is 0 Å². The molecule has 31 heavy (non-hydrogen) atoms. The van der Waals surface area contributed by atoms with Gasteiger partial charge in [0.05, 0.1) is 19.8 Å². The summed E-state index contributed by atoms with van der Waals surface area (Å²) in [6.45, 7) is 0.583. The van der Waals surface area contributed by atoms with Crippen molar-refractivity contribution < 1.29 is 14.3 Å². The van der Waals surface area contributed by atoms with Gasteiger partial charge >= 0.3 is 0 Å². The van der Waals surface area contributed by atoms with Gasteiger partial charge in [-0.3, -0.25) is 15.6 Å². The van der Waals surface area contributed by atoms with Crippen molar-refractivity contribution in [3.8, 4) is 11.5 Å². The second-order valence-electron chi connectivity index (χ2n) is 6.41. The Bertz CT molecular complexity index is 1060. The number of benzene rings is 2. The van der Waals surface area contributed by atoms with Crippen LogP contribution in [0.2, 0.25) is 0 Å². The molecule has 1 heterocycles. The van der Waals surface area contributed by atoms with Gasteiger partial charge in [-0.05, 0) is 52.2 Å². The molecule has 3 rings (SSSR count). The third-order valence-corrected chi connectivity index (χ3v) is 5.14. The van der Waals surface area contributed by atoms with E-state index in [9.17, 15) is 4.79 Å². The zero-order chi connectivity index (χ0) is 22.2. The number of nitrogens with two attached hydrogens (primary N) is 1. The number of nitrogen functional groups attached to an aromatic ring is 1. The second kappa shape index (κ2) is 10.5. The summed E-state index contributed by atoms with van der Waals surface area (Å²) in [4.78, 5) is 20.6. The molecule has 0 fully saturated rings. The molecule has 1 amide bonds. The number of carbonyl (C=O) groups excluding carboxylic acids is 1. The average molecular weight is 487 g/mol. The SMILES string of the molecule is COc1ccc(CCNc2ncnc(NNC(=O)c3ccccc3Br)c2N)cc1OC. The molecular weight excluding hydrogens is 464 g/mol. The molecule has 9 nitrogen and oxygen atoms in total. The van der Waals surface area contributed by atoms with E-state index >= 15 is 0 Å². The Morgan fingerprint density at radius 2 is 1.81 bits per heavy atom. The van der Waals surface area contributed by atoms with E-state index in [-0.39, 0.29) is 5.91 Å². The van der Waals surface area contributed by atoms with E-state index in [0.29, 0.717) is 51.8 Å². The van der Waals surface area contributed by atoms with Gasteiger partial charge in [-0.2, -0.15) is 0 Å². The Kier molecular flexibility index (Phi) is 7.50. The van der Waals surface area contributed by atoms with Crippen LogP contribution in [0, 0.1) is 0 Å². The lowest BCUT2D eigenvalue weighted by molar-refractivity contribution is 0.0961. The van der Waals surface area contributed by atoms with Crippen molar-refractivity contribution >= 4 is 39.2 Å². The van der Waals surface area contributed by atoms with Crippen molar-refractivity contribution in [2.24, 2.45) is 0 Å². The predicted molar refractivity (Wildman–Crippen MR) is 123 cm³/mol. The van der Waals surface area contributed by atoms with Crippen molar-refractivity contribution in [2.45, 2.75) is 6.42 Å². The minimum Gasteiger partial charge on any atom is -0.493 e. The summed E-state index contributed by atoms with van der Waals surface area (Å²) in [6.07, 6.45) is 2.08. The monoisotopic (exact) mass is 486 g/mol. The molecule has 3 aromatic rings. The largest absolute Gasteiger partial charge is 0.493 e. The fourth-order valence-electron chi connectivity index (χ4n) is 2.83. The smallest absolute Gasteiger partial charge is 0.270 e. The summed E-state index contributed by atoms with van der Waals surface area (Å²) in [7, 11) is 3.20. The Labute approximate surface area is 188 Å². The summed E-state index contributed by atoms with van der Waals surface area (Å²) in [6, 6.07) is 12.9. The Morgan fingerprint density at radius 1 is 1.06 bits per heavy atom. The Balaban J connectivity index is 1.59. The van der Waals surface area contributed by atoms with Crippen molar-refractivity contribution in [3.05, 3.63) is 64.4 Å². The van der Waals surface area contributed by atoms with E-state index < -0.39 is 0 Å². The highest BCUT2D eigenvalue weighted by Gasteiger charge is 2.12. The van der Waals surface area contributed by atoms with Crippen LogP contribution in [-0.2, 0) is 6.42 Å². The van der Waals surface area contributed by atoms with Gasteiger partial charge in [0.1, 0.15) is 12.0 Å². The number of methoxy groups -OCH3 is 2. The molecule has 162 valence electrons. The normalized spacial score (nSPS) is 10.3. The predicted octanol–water partition coefficient (Wildman–Crippen LogP) is 3.25. The average Bonchev–Trinajstić information content (AvgIpc) is 2.79. The molecule has 0 aliphatic rings. The van der Waals surface area contributed by atoms with E-state index in [1.807, 2.05) is 24.3 Å². The minimum atomic E-state index is -0.326. The van der Waals surface area contributed by atoms with Crippen molar-refractivity contribution in [2.75, 3.05) is 37.2 Å². The van der Waals surface area contributed by atoms with Crippen LogP contribution in [0.5, 0.6) is 11.5 Å². The molecule has 0 saturated heterocycles. The van der Waals surface area contributed by atoms with Crippen LogP contribution in [0.1, 0.15) is 15.9 Å². The topological polar surface area (TPSA) is 123 Å². The maximum atomic E-state index is 12.3. The van der Waals surface area contributed by atoms with Gasteiger partial charge in [0.2, 0.25) is 0 Å². The van der Waals surface area contributed by atoms with Crippen LogP contribution in [0.25, 0.3) is 0 Å². The lowest BCUT2D eigenvalue weighted by atomic mass is 10.1. The van der Waals surface area contributed by atoms with Crippen LogP contribution in [0.15, 0.2) is 53.3 Å². The van der Waals surface area contributed by atoms with E-state index in [0.717, 1.165) is 5.56 Å². The molecule has 0 unspecified atom stereocenters. The number of hydrogen-bond donors (Lipinski definition) is 4. The lowest BCUT2D eigenvalue weighted by Crippen LogP contribution is -2.30. The number of ether oxygens (including phenoxy) is 2. The Morgan fingerprint density at radius 3 is 2.55 bits per heavy atom. The number of nitrogens with one attached hydrogen (secondary N) is 3. The third kappa shape index (κ3) is 5.54. The number of amides is 1. The highest BCUT2D eigenvalue weighted by molar-refractivity contribution is 9.10. The summed E-state index contributed by atoms with van der Waals surface area (Å²) >= 11 is 3.35. The minimum absolute atomic E-state index is 0.294. The van der Waals surface area contributed by atoms with Crippen LogP contribution < -0.4 is 31.4 Å². The fraction of sp³-hybridized carbons (Fsp3) is 0.190. The Hall–Kier alpha value is -3.53. The first-order valence-corrected chi connectivity index (χ1v) is 10.2. The zero-order valence-electron chi connectivity index (χ0n) is 17.1. The number of hydrazine groups is 1. The number of rotatable bonds is 9. The quantitative estimate of drug-likeness (QED) is 0.339. The number of hydrogen-bond acceptors (Lipinski definition) is 8. The molecule has 1 aromatic heterocycles. The molecule has 0 radical (unpaired) electrons. The fourth-order valence-corrected chi connectivity index (χ4v) is 3.29. The van der Waals surface area contributed by atoms with Crippen LogP contribution in [-0.4, -0.2) is 36.6 Å². The summed E-state index contributed by atoms with van der Waals surface area (Å²) < 4.78 is 11.3. The van der Waals surface area contributed by atoms with Gasteiger partial charge in [0.15, 0.2) is 23.1 Å². The molecule has 0 aliphatic heterocycles. The number of nitrogens with zero attached hydrogens (tertiary/aromatic N) is 2. The third-order valence-electron chi connectivity index (χ3n) is 4.45. The number of aromatic nitrogens is 2. The van der Waals surface area contributed by atoms with Crippen LogP contribution >= 0.6 is 15.9 Å². The van der Waals surface area contributed by atoms with Gasteiger partial charge in [-0.15, -0.1) is 0 Å². The second-order valence-corrected chi connectivity index (χ2v) is 7.26. The molecule has 0 aliphatic carbocycles. The molecule has 5 N–H and O–H groups in total.